The number of thiophene rings is 1. The predicted molar refractivity (Wildman–Crippen MR) is 157 cm³/mol. The molecule has 0 bridgehead atoms. The van der Waals surface area contributed by atoms with Crippen molar-refractivity contribution in [3.05, 3.63) is 86.3 Å². The topological polar surface area (TPSA) is 81.9 Å². The molecule has 2 unspecified atom stereocenters. The second-order valence-corrected chi connectivity index (χ2v) is 11.7. The first-order valence-corrected chi connectivity index (χ1v) is 14.0. The van der Waals surface area contributed by atoms with E-state index in [4.69, 9.17) is 6.57 Å². The summed E-state index contributed by atoms with van der Waals surface area (Å²) in [5.41, 5.74) is 6.49. The van der Waals surface area contributed by atoms with Crippen molar-refractivity contribution in [2.75, 3.05) is 32.6 Å². The zero-order valence-electron chi connectivity index (χ0n) is 23.1. The van der Waals surface area contributed by atoms with Crippen molar-refractivity contribution in [1.29, 1.82) is 0 Å². The monoisotopic (exact) mass is 545 g/mol. The molecule has 204 valence electrons. The number of ketones is 1. The molecule has 9 heteroatoms. The summed E-state index contributed by atoms with van der Waals surface area (Å²) in [6.45, 7) is 11.1. The van der Waals surface area contributed by atoms with Gasteiger partial charge in [-0.3, -0.25) is 19.5 Å². The fourth-order valence-electron chi connectivity index (χ4n) is 5.16. The molecule has 4 rings (SSSR count). The molecule has 3 heterocycles. The number of aromatic nitrogens is 1. The maximum atomic E-state index is 13.4. The number of rotatable bonds is 10. The Kier molecular flexibility index (Phi) is 9.12. The Morgan fingerprint density at radius 3 is 2.77 bits per heavy atom. The number of nitrogens with zero attached hydrogens (tertiary/aromatic N) is 4. The number of amides is 1. The lowest BCUT2D eigenvalue weighted by Gasteiger charge is -2.47. The number of likely N-dealkylation sites (N-methyl/N-ethyl adjacent to an activating group) is 1. The fraction of sp³-hybridized carbons (Fsp3) is 0.400. The van der Waals surface area contributed by atoms with E-state index in [1.807, 2.05) is 63.2 Å². The minimum Gasteiger partial charge on any atom is -0.348 e. The summed E-state index contributed by atoms with van der Waals surface area (Å²) in [4.78, 5) is 40.0. The number of hydrogen-bond acceptors (Lipinski definition) is 7. The van der Waals surface area contributed by atoms with Gasteiger partial charge in [-0.2, -0.15) is 0 Å². The van der Waals surface area contributed by atoms with Crippen LogP contribution in [-0.4, -0.2) is 65.2 Å². The molecule has 1 saturated heterocycles. The lowest BCUT2D eigenvalue weighted by atomic mass is 9.82. The molecule has 0 spiro atoms. The number of Topliss-reactive ketones (excluding diaryl/α,β-unsaturated/α-hetero) is 1. The highest BCUT2D eigenvalue weighted by Crippen LogP contribution is 2.32. The van der Waals surface area contributed by atoms with Crippen LogP contribution in [0, 0.1) is 13.5 Å². The standard InChI is InChI=1S/C30H36N6O2S/c1-21-15-22(11-13-32-21)16-24-17-23(8-9-27(24)34-31-3)29(38)33-25-10-12-30(2,28(37)20-35(4)5)36(18-25)19-26-7-6-14-39-26/h3,6-9,11,13-15,17,25H,10,12,16,18-20H2,1-2,4-5H3,(H-,33,34,38)/p+1. The lowest BCUT2D eigenvalue weighted by Crippen LogP contribution is -2.61. The van der Waals surface area contributed by atoms with Crippen LogP contribution in [0.1, 0.15) is 51.8 Å². The Morgan fingerprint density at radius 1 is 1.26 bits per heavy atom. The lowest BCUT2D eigenvalue weighted by molar-refractivity contribution is -0.134. The van der Waals surface area contributed by atoms with Crippen LogP contribution in [0.2, 0.25) is 0 Å². The molecule has 1 aliphatic heterocycles. The van der Waals surface area contributed by atoms with Crippen LogP contribution in [-0.2, 0) is 17.8 Å². The van der Waals surface area contributed by atoms with Crippen molar-refractivity contribution in [2.45, 2.75) is 51.2 Å². The van der Waals surface area contributed by atoms with Gasteiger partial charge in [-0.05, 0) is 106 Å². The van der Waals surface area contributed by atoms with E-state index in [1.54, 1.807) is 23.6 Å². The molecule has 39 heavy (non-hydrogen) atoms. The Hall–Kier alpha value is -3.58. The van der Waals surface area contributed by atoms with E-state index in [9.17, 15) is 9.59 Å². The summed E-state index contributed by atoms with van der Waals surface area (Å²) < 4.78 is 0. The van der Waals surface area contributed by atoms with Gasteiger partial charge in [0.15, 0.2) is 5.78 Å². The summed E-state index contributed by atoms with van der Waals surface area (Å²) >= 11 is 1.69. The summed E-state index contributed by atoms with van der Waals surface area (Å²) in [5, 5.41) is 5.29. The molecule has 1 aromatic carbocycles. The SMILES string of the molecule is C#[N+]Nc1ccc(C(=O)NC2CCC(C)(C(=O)CN(C)C)N(Cc3cccs3)C2)cc1Cc1ccnc(C)c1. The third kappa shape index (κ3) is 7.09. The minimum atomic E-state index is -0.579. The third-order valence-electron chi connectivity index (χ3n) is 7.35. The summed E-state index contributed by atoms with van der Waals surface area (Å²) in [5.74, 6) is 0.0703. The highest BCUT2D eigenvalue weighted by Gasteiger charge is 2.43. The largest absolute Gasteiger partial charge is 0.348 e. The first-order chi connectivity index (χ1) is 18.7. The van der Waals surface area contributed by atoms with Gasteiger partial charge in [0.05, 0.1) is 17.0 Å². The second kappa shape index (κ2) is 12.5. The van der Waals surface area contributed by atoms with E-state index in [-0.39, 0.29) is 17.7 Å². The fourth-order valence-corrected chi connectivity index (χ4v) is 5.88. The molecule has 1 aliphatic rings. The van der Waals surface area contributed by atoms with Gasteiger partial charge in [-0.1, -0.05) is 6.07 Å². The zero-order chi connectivity index (χ0) is 28.0. The molecular formula is C30H37N6O2S+. The average molecular weight is 546 g/mol. The maximum Gasteiger partial charge on any atom is 0.305 e. The quantitative estimate of drug-likeness (QED) is 0.362. The molecule has 3 aromatic rings. The predicted octanol–water partition coefficient (Wildman–Crippen LogP) is 4.62. The van der Waals surface area contributed by atoms with Crippen LogP contribution in [0.5, 0.6) is 0 Å². The first kappa shape index (κ1) is 28.4. The van der Waals surface area contributed by atoms with Gasteiger partial charge in [0.1, 0.15) is 5.69 Å². The van der Waals surface area contributed by atoms with E-state index < -0.39 is 5.54 Å². The van der Waals surface area contributed by atoms with Crippen LogP contribution >= 0.6 is 11.3 Å². The van der Waals surface area contributed by atoms with Gasteiger partial charge in [0.2, 0.25) is 0 Å². The third-order valence-corrected chi connectivity index (χ3v) is 8.21. The zero-order valence-corrected chi connectivity index (χ0v) is 23.9. The number of hydrogen-bond donors (Lipinski definition) is 2. The highest BCUT2D eigenvalue weighted by atomic mass is 32.1. The van der Waals surface area contributed by atoms with Gasteiger partial charge in [-0.15, -0.1) is 11.3 Å². The molecule has 8 nitrogen and oxygen atoms in total. The van der Waals surface area contributed by atoms with Crippen molar-refractivity contribution in [3.8, 4) is 6.57 Å². The smallest absolute Gasteiger partial charge is 0.305 e. The average Bonchev–Trinajstić information content (AvgIpc) is 3.40. The van der Waals surface area contributed by atoms with Crippen LogP contribution < -0.4 is 10.7 Å². The van der Waals surface area contributed by atoms with Gasteiger partial charge < -0.3 is 10.2 Å². The molecule has 1 fully saturated rings. The van der Waals surface area contributed by atoms with Gasteiger partial charge in [0.25, 0.3) is 5.91 Å². The molecule has 0 saturated carbocycles. The molecular weight excluding hydrogens is 508 g/mol. The summed E-state index contributed by atoms with van der Waals surface area (Å²) in [6, 6.07) is 13.5. The molecule has 2 atom stereocenters. The summed E-state index contributed by atoms with van der Waals surface area (Å²) in [6.07, 6.45) is 3.80. The number of likely N-dealkylation sites (tertiary alicyclic amines) is 1. The van der Waals surface area contributed by atoms with E-state index >= 15 is 0 Å². The van der Waals surface area contributed by atoms with E-state index in [2.05, 4.69) is 37.0 Å². The number of pyridine rings is 1. The van der Waals surface area contributed by atoms with Crippen molar-refractivity contribution < 1.29 is 9.59 Å². The second-order valence-electron chi connectivity index (χ2n) is 10.7. The van der Waals surface area contributed by atoms with Gasteiger partial charge in [0, 0.05) is 41.5 Å². The Labute approximate surface area is 234 Å². The summed E-state index contributed by atoms with van der Waals surface area (Å²) in [7, 11) is 3.84. The van der Waals surface area contributed by atoms with Crippen molar-refractivity contribution >= 4 is 28.7 Å². The number of carbonyl (C=O) groups excluding carboxylic acids is 2. The Bertz CT molecular complexity index is 1350. The Morgan fingerprint density at radius 2 is 2.08 bits per heavy atom. The van der Waals surface area contributed by atoms with E-state index in [1.165, 1.54) is 4.88 Å². The van der Waals surface area contributed by atoms with Crippen LogP contribution in [0.25, 0.3) is 4.95 Å². The number of aryl methyl sites for hydroxylation is 1. The first-order valence-electron chi connectivity index (χ1n) is 13.1. The highest BCUT2D eigenvalue weighted by molar-refractivity contribution is 7.09. The molecule has 0 aliphatic carbocycles. The number of anilines is 1. The van der Waals surface area contributed by atoms with Crippen LogP contribution in [0.3, 0.4) is 0 Å². The van der Waals surface area contributed by atoms with Crippen molar-refractivity contribution in [3.63, 3.8) is 0 Å². The number of piperidine rings is 1. The number of carbonyl (C=O) groups is 2. The normalized spacial score (nSPS) is 19.4. The molecule has 0 radical (unpaired) electrons. The van der Waals surface area contributed by atoms with Gasteiger partial charge >= 0.3 is 6.57 Å². The minimum absolute atomic E-state index is 0.0687. The molecule has 2 aromatic heterocycles. The number of nitrogens with one attached hydrogen (secondary N) is 2. The van der Waals surface area contributed by atoms with E-state index in [0.29, 0.717) is 38.0 Å². The van der Waals surface area contributed by atoms with Gasteiger partial charge in [-0.25, -0.2) is 0 Å². The van der Waals surface area contributed by atoms with Crippen LogP contribution in [0.4, 0.5) is 5.69 Å². The van der Waals surface area contributed by atoms with Crippen LogP contribution in [0.15, 0.2) is 54.0 Å². The molecule has 1 amide bonds. The maximum absolute atomic E-state index is 13.4. The van der Waals surface area contributed by atoms with E-state index in [0.717, 1.165) is 28.9 Å². The molecule has 2 N–H and O–H groups in total. The van der Waals surface area contributed by atoms with Crippen molar-refractivity contribution in [2.24, 2.45) is 0 Å². The number of benzene rings is 1. The van der Waals surface area contributed by atoms with Crippen molar-refractivity contribution in [1.82, 2.24) is 20.1 Å². The Balaban J connectivity index is 1.51.